The Bertz CT molecular complexity index is 936. The molecule has 2 aliphatic rings. The van der Waals surface area contributed by atoms with E-state index in [0.717, 1.165) is 32.0 Å². The molecule has 29 heavy (non-hydrogen) atoms. The van der Waals surface area contributed by atoms with E-state index in [0.29, 0.717) is 11.3 Å². The van der Waals surface area contributed by atoms with E-state index in [2.05, 4.69) is 9.97 Å². The van der Waals surface area contributed by atoms with Gasteiger partial charge in [0.2, 0.25) is 0 Å². The molecule has 4 rings (SSSR count). The Morgan fingerprint density at radius 1 is 1.34 bits per heavy atom. The minimum absolute atomic E-state index is 0.0337. The highest BCUT2D eigenvalue weighted by molar-refractivity contribution is 5.49. The number of aliphatic hydroxyl groups is 1. The molecule has 2 aromatic heterocycles. The van der Waals surface area contributed by atoms with Crippen molar-refractivity contribution in [2.24, 2.45) is 11.3 Å². The van der Waals surface area contributed by atoms with Gasteiger partial charge < -0.3 is 15.0 Å². The first-order chi connectivity index (χ1) is 13.7. The van der Waals surface area contributed by atoms with Crippen molar-refractivity contribution in [3.8, 4) is 6.07 Å². The summed E-state index contributed by atoms with van der Waals surface area (Å²) >= 11 is 0. The molecule has 1 atom stereocenters. The third-order valence-electron chi connectivity index (χ3n) is 5.47. The number of aliphatic hydroxyl groups excluding tert-OH is 1. The number of H-pyrrole nitrogens is 1. The number of hydrogen-bond acceptors (Lipinski definition) is 5. The highest BCUT2D eigenvalue weighted by Gasteiger charge is 2.54. The van der Waals surface area contributed by atoms with E-state index in [1.54, 1.807) is 12.3 Å². The van der Waals surface area contributed by atoms with Gasteiger partial charge in [-0.3, -0.25) is 4.79 Å². The van der Waals surface area contributed by atoms with E-state index in [9.17, 15) is 23.1 Å². The van der Waals surface area contributed by atoms with Crippen LogP contribution in [0.5, 0.6) is 0 Å². The summed E-state index contributed by atoms with van der Waals surface area (Å²) < 4.78 is 37.7. The van der Waals surface area contributed by atoms with Gasteiger partial charge in [-0.1, -0.05) is 0 Å². The summed E-state index contributed by atoms with van der Waals surface area (Å²) in [6.45, 7) is 2.89. The van der Waals surface area contributed by atoms with Crippen LogP contribution in [0.25, 0.3) is 0 Å². The molecule has 1 aliphatic carbocycles. The van der Waals surface area contributed by atoms with Gasteiger partial charge in [0.15, 0.2) is 5.43 Å². The van der Waals surface area contributed by atoms with Gasteiger partial charge in [0, 0.05) is 49.5 Å². The van der Waals surface area contributed by atoms with Crippen LogP contribution in [-0.2, 0) is 6.18 Å². The van der Waals surface area contributed by atoms with Gasteiger partial charge in [-0.2, -0.15) is 18.4 Å². The van der Waals surface area contributed by atoms with Crippen molar-refractivity contribution in [3.05, 3.63) is 58.3 Å². The van der Waals surface area contributed by atoms with Gasteiger partial charge in [0.05, 0.1) is 24.1 Å². The Morgan fingerprint density at radius 3 is 2.52 bits per heavy atom. The number of hydrogen-bond donors (Lipinski definition) is 2. The van der Waals surface area contributed by atoms with Crippen molar-refractivity contribution in [1.82, 2.24) is 9.97 Å². The maximum atomic E-state index is 12.6. The summed E-state index contributed by atoms with van der Waals surface area (Å²) in [7, 11) is 0. The third-order valence-corrected chi connectivity index (χ3v) is 5.47. The molecule has 2 N–H and O–H groups in total. The Hall–Kier alpha value is -2.86. The van der Waals surface area contributed by atoms with Crippen LogP contribution in [0.1, 0.15) is 37.1 Å². The maximum Gasteiger partial charge on any atom is 0.433 e. The van der Waals surface area contributed by atoms with E-state index in [1.165, 1.54) is 31.5 Å². The number of nitriles is 1. The van der Waals surface area contributed by atoms with E-state index in [4.69, 9.17) is 5.26 Å². The average molecular weight is 406 g/mol. The Kier molecular flexibility index (Phi) is 5.66. The number of pyridine rings is 2. The van der Waals surface area contributed by atoms with Crippen LogP contribution < -0.4 is 10.3 Å². The fraction of sp³-hybridized carbons (Fsp3) is 0.450. The summed E-state index contributed by atoms with van der Waals surface area (Å²) in [5, 5.41) is 17.7. The lowest BCUT2D eigenvalue weighted by Crippen LogP contribution is -2.63. The highest BCUT2D eigenvalue weighted by atomic mass is 19.4. The molecule has 0 amide bonds. The largest absolute Gasteiger partial charge is 0.433 e. The Balaban J connectivity index is 0.000000755. The van der Waals surface area contributed by atoms with Gasteiger partial charge >= 0.3 is 6.18 Å². The molecule has 1 spiro atoms. The molecule has 1 unspecified atom stereocenters. The first-order valence-electron chi connectivity index (χ1n) is 9.13. The lowest BCUT2D eigenvalue weighted by Gasteiger charge is -2.60. The van der Waals surface area contributed by atoms with Crippen molar-refractivity contribution in [3.63, 3.8) is 0 Å². The van der Waals surface area contributed by atoms with Crippen LogP contribution in [0.4, 0.5) is 18.9 Å². The number of aromatic amines is 1. The average Bonchev–Trinajstić information content (AvgIpc) is 2.60. The number of nitrogens with zero attached hydrogens (tertiary/aromatic N) is 3. The molecular formula is C20H21F3N4O2. The predicted octanol–water partition coefficient (Wildman–Crippen LogP) is 3.27. The van der Waals surface area contributed by atoms with Crippen LogP contribution in [0.15, 0.2) is 41.6 Å². The van der Waals surface area contributed by atoms with Crippen molar-refractivity contribution < 1.29 is 18.3 Å². The van der Waals surface area contributed by atoms with E-state index < -0.39 is 18.0 Å². The molecule has 2 aromatic rings. The fourth-order valence-electron chi connectivity index (χ4n) is 4.13. The SMILES string of the molecule is CC#N.O=c1cc[nH]cc1C(O)C1CC2(C1)CN(c1ccc(C(F)(F)F)nc1)C2. The topological polar surface area (TPSA) is 93.0 Å². The zero-order valence-corrected chi connectivity index (χ0v) is 15.8. The molecule has 2 fully saturated rings. The standard InChI is InChI=1S/C18H18F3N3O2.C2H3N/c19-18(20,21)15-2-1-12(7-23-15)24-9-17(10-24)5-11(6-17)16(26)13-8-22-4-3-14(13)25;1-2-3/h1-4,7-8,11,16,26H,5-6,9-10H2,(H,22,25);1H3. The van der Waals surface area contributed by atoms with Crippen LogP contribution in [0.3, 0.4) is 0 Å². The molecule has 9 heteroatoms. The first-order valence-corrected chi connectivity index (χ1v) is 9.13. The van der Waals surface area contributed by atoms with Crippen LogP contribution >= 0.6 is 0 Å². The van der Waals surface area contributed by atoms with Crippen LogP contribution in [-0.4, -0.2) is 28.2 Å². The number of aromatic nitrogens is 2. The van der Waals surface area contributed by atoms with Crippen LogP contribution in [0.2, 0.25) is 0 Å². The fourth-order valence-corrected chi connectivity index (χ4v) is 4.13. The second-order valence-corrected chi connectivity index (χ2v) is 7.56. The molecule has 0 bridgehead atoms. The van der Waals surface area contributed by atoms with Gasteiger partial charge in [-0.05, 0) is 30.9 Å². The summed E-state index contributed by atoms with van der Waals surface area (Å²) in [6.07, 6.45) is 0.709. The lowest BCUT2D eigenvalue weighted by molar-refractivity contribution is -0.141. The van der Waals surface area contributed by atoms with E-state index >= 15 is 0 Å². The second kappa shape index (κ2) is 7.87. The summed E-state index contributed by atoms with van der Waals surface area (Å²) in [5.41, 5.74) is 0.0675. The zero-order chi connectivity index (χ0) is 21.2. The van der Waals surface area contributed by atoms with Crippen molar-refractivity contribution >= 4 is 5.69 Å². The third kappa shape index (κ3) is 4.27. The number of anilines is 1. The molecule has 0 aromatic carbocycles. The molecule has 1 saturated heterocycles. The van der Waals surface area contributed by atoms with E-state index in [-0.39, 0.29) is 16.8 Å². The normalized spacial score (nSPS) is 18.7. The highest BCUT2D eigenvalue weighted by Crippen LogP contribution is 2.56. The van der Waals surface area contributed by atoms with Crippen LogP contribution in [0, 0.1) is 22.7 Å². The molecule has 154 valence electrons. The summed E-state index contributed by atoms with van der Waals surface area (Å²) in [5.74, 6) is 0.0337. The van der Waals surface area contributed by atoms with Gasteiger partial charge in [-0.25, -0.2) is 4.98 Å². The molecule has 0 radical (unpaired) electrons. The second-order valence-electron chi connectivity index (χ2n) is 7.56. The van der Waals surface area contributed by atoms with Gasteiger partial charge in [0.1, 0.15) is 5.69 Å². The first kappa shape index (κ1) is 20.9. The minimum atomic E-state index is -4.43. The Morgan fingerprint density at radius 2 is 2.00 bits per heavy atom. The molecular weight excluding hydrogens is 385 g/mol. The monoisotopic (exact) mass is 406 g/mol. The molecule has 1 saturated carbocycles. The lowest BCUT2D eigenvalue weighted by atomic mass is 9.56. The molecule has 6 nitrogen and oxygen atoms in total. The van der Waals surface area contributed by atoms with E-state index in [1.807, 2.05) is 4.90 Å². The summed E-state index contributed by atoms with van der Waals surface area (Å²) in [4.78, 5) is 20.1. The van der Waals surface area contributed by atoms with Crippen molar-refractivity contribution in [2.45, 2.75) is 32.0 Å². The Labute approximate surface area is 165 Å². The number of alkyl halides is 3. The van der Waals surface area contributed by atoms with Gasteiger partial charge in [0.25, 0.3) is 0 Å². The number of rotatable bonds is 3. The zero-order valence-electron chi connectivity index (χ0n) is 15.8. The van der Waals surface area contributed by atoms with Gasteiger partial charge in [-0.15, -0.1) is 0 Å². The smallest absolute Gasteiger partial charge is 0.388 e. The maximum absolute atomic E-state index is 12.6. The number of nitrogens with one attached hydrogen (secondary N) is 1. The minimum Gasteiger partial charge on any atom is -0.388 e. The molecule has 3 heterocycles. The van der Waals surface area contributed by atoms with Crippen molar-refractivity contribution in [1.29, 1.82) is 5.26 Å². The van der Waals surface area contributed by atoms with Crippen molar-refractivity contribution in [2.75, 3.05) is 18.0 Å². The number of halogens is 3. The summed E-state index contributed by atoms with van der Waals surface area (Å²) in [6, 6.07) is 5.59. The predicted molar refractivity (Wildman–Crippen MR) is 99.9 cm³/mol. The molecule has 1 aliphatic heterocycles. The quantitative estimate of drug-likeness (QED) is 0.816.